The average Bonchev–Trinajstić information content (AvgIpc) is 3.31. The highest BCUT2D eigenvalue weighted by Crippen LogP contribution is 2.40. The number of hydrogen-bond acceptors (Lipinski definition) is 5. The molecule has 32 heavy (non-hydrogen) atoms. The summed E-state index contributed by atoms with van der Waals surface area (Å²) in [5, 5.41) is 12.9. The zero-order valence-corrected chi connectivity index (χ0v) is 17.7. The van der Waals surface area contributed by atoms with Crippen molar-refractivity contribution in [2.45, 2.75) is 24.9 Å². The van der Waals surface area contributed by atoms with Crippen LogP contribution in [0.5, 0.6) is 0 Å². The fourth-order valence-electron chi connectivity index (χ4n) is 5.42. The summed E-state index contributed by atoms with van der Waals surface area (Å²) >= 11 is 0. The van der Waals surface area contributed by atoms with Crippen LogP contribution in [0.3, 0.4) is 0 Å². The number of likely N-dealkylation sites (tertiary alicyclic amines) is 1. The van der Waals surface area contributed by atoms with Crippen molar-refractivity contribution in [3.8, 4) is 5.69 Å². The Kier molecular flexibility index (Phi) is 4.69. The van der Waals surface area contributed by atoms with Gasteiger partial charge in [-0.1, -0.05) is 54.6 Å². The SMILES string of the molecule is O=c1cccc2n1C[C@@H]1C[C@H]2CN([C@H](c2ccccc2)c2nnnn2-c2ccccc2)C1. The second kappa shape index (κ2) is 7.84. The van der Waals surface area contributed by atoms with Gasteiger partial charge in [0.25, 0.3) is 5.56 Å². The van der Waals surface area contributed by atoms with Crippen LogP contribution in [0, 0.1) is 5.92 Å². The van der Waals surface area contributed by atoms with Crippen molar-refractivity contribution < 1.29 is 0 Å². The minimum Gasteiger partial charge on any atom is -0.312 e. The third-order valence-corrected chi connectivity index (χ3v) is 6.73. The van der Waals surface area contributed by atoms with Crippen LogP contribution >= 0.6 is 0 Å². The summed E-state index contributed by atoms with van der Waals surface area (Å²) in [7, 11) is 0. The summed E-state index contributed by atoms with van der Waals surface area (Å²) in [6.45, 7) is 2.53. The molecule has 4 heterocycles. The summed E-state index contributed by atoms with van der Waals surface area (Å²) in [4.78, 5) is 14.9. The normalized spacial score (nSPS) is 21.1. The van der Waals surface area contributed by atoms with Gasteiger partial charge in [0.15, 0.2) is 5.82 Å². The lowest BCUT2D eigenvalue weighted by molar-refractivity contribution is 0.0913. The van der Waals surface area contributed by atoms with Crippen LogP contribution in [0.1, 0.15) is 35.5 Å². The Bertz CT molecular complexity index is 1280. The standard InChI is InChI=1S/C25H24N6O/c32-23-13-7-12-22-20-14-18(16-30(22)23)15-29(17-20)24(19-8-3-1-4-9-19)25-26-27-28-31(25)21-10-5-2-6-11-21/h1-13,18,20,24H,14-17H2/t18-,20+,24-/m1/s1. The molecule has 1 saturated heterocycles. The van der Waals surface area contributed by atoms with Gasteiger partial charge in [0.05, 0.1) is 11.7 Å². The quantitative estimate of drug-likeness (QED) is 0.504. The van der Waals surface area contributed by atoms with Crippen LogP contribution in [-0.2, 0) is 6.54 Å². The smallest absolute Gasteiger partial charge is 0.250 e. The van der Waals surface area contributed by atoms with Gasteiger partial charge in [0.2, 0.25) is 0 Å². The van der Waals surface area contributed by atoms with E-state index in [0.29, 0.717) is 11.8 Å². The van der Waals surface area contributed by atoms with E-state index in [1.54, 1.807) is 6.07 Å². The maximum Gasteiger partial charge on any atom is 0.250 e. The molecule has 2 aliphatic rings. The Balaban J connectivity index is 1.43. The predicted octanol–water partition coefficient (Wildman–Crippen LogP) is 3.03. The molecule has 4 aromatic rings. The first kappa shape index (κ1) is 19.1. The van der Waals surface area contributed by atoms with E-state index in [4.69, 9.17) is 0 Å². The number of rotatable bonds is 4. The Morgan fingerprint density at radius 1 is 0.844 bits per heavy atom. The molecule has 2 aromatic heterocycles. The van der Waals surface area contributed by atoms with Crippen molar-refractivity contribution in [2.24, 2.45) is 5.92 Å². The highest BCUT2D eigenvalue weighted by Gasteiger charge is 2.39. The van der Waals surface area contributed by atoms with Crippen LogP contribution in [0.25, 0.3) is 5.69 Å². The molecule has 160 valence electrons. The minimum atomic E-state index is -0.0707. The van der Waals surface area contributed by atoms with Crippen molar-refractivity contribution >= 4 is 0 Å². The van der Waals surface area contributed by atoms with Crippen LogP contribution in [0.15, 0.2) is 83.7 Å². The van der Waals surface area contributed by atoms with Crippen LogP contribution in [0.2, 0.25) is 0 Å². The summed E-state index contributed by atoms with van der Waals surface area (Å²) < 4.78 is 3.82. The minimum absolute atomic E-state index is 0.0707. The first-order valence-electron chi connectivity index (χ1n) is 11.1. The van der Waals surface area contributed by atoms with Gasteiger partial charge in [-0.2, -0.15) is 4.68 Å². The molecule has 0 spiro atoms. The molecule has 6 rings (SSSR count). The van der Waals surface area contributed by atoms with E-state index in [1.165, 1.54) is 5.56 Å². The van der Waals surface area contributed by atoms with Crippen molar-refractivity contribution in [1.29, 1.82) is 0 Å². The molecule has 2 aliphatic heterocycles. The van der Waals surface area contributed by atoms with Gasteiger partial charge in [-0.3, -0.25) is 9.69 Å². The van der Waals surface area contributed by atoms with E-state index in [-0.39, 0.29) is 11.6 Å². The maximum atomic E-state index is 12.4. The summed E-state index contributed by atoms with van der Waals surface area (Å²) in [5.41, 5.74) is 3.37. The van der Waals surface area contributed by atoms with Crippen LogP contribution < -0.4 is 5.56 Å². The number of tetrazole rings is 1. The number of pyridine rings is 1. The number of para-hydroxylation sites is 1. The van der Waals surface area contributed by atoms with Crippen molar-refractivity contribution in [1.82, 2.24) is 29.7 Å². The van der Waals surface area contributed by atoms with Crippen LogP contribution in [0.4, 0.5) is 0 Å². The first-order valence-corrected chi connectivity index (χ1v) is 11.1. The molecule has 2 aromatic carbocycles. The van der Waals surface area contributed by atoms with Crippen molar-refractivity contribution in [2.75, 3.05) is 13.1 Å². The molecule has 0 aliphatic carbocycles. The molecule has 0 N–H and O–H groups in total. The Hall–Kier alpha value is -3.58. The summed E-state index contributed by atoms with van der Waals surface area (Å²) in [5.74, 6) is 1.56. The number of benzene rings is 2. The number of hydrogen-bond donors (Lipinski definition) is 0. The molecule has 0 radical (unpaired) electrons. The third-order valence-electron chi connectivity index (χ3n) is 6.73. The molecule has 2 bridgehead atoms. The van der Waals surface area contributed by atoms with E-state index >= 15 is 0 Å². The highest BCUT2D eigenvalue weighted by atomic mass is 16.1. The van der Waals surface area contributed by atoms with Gasteiger partial charge in [-0.05, 0) is 46.5 Å². The number of nitrogens with zero attached hydrogens (tertiary/aromatic N) is 6. The fraction of sp³-hybridized carbons (Fsp3) is 0.280. The predicted molar refractivity (Wildman–Crippen MR) is 121 cm³/mol. The molecule has 1 fully saturated rings. The monoisotopic (exact) mass is 424 g/mol. The number of aromatic nitrogens is 5. The van der Waals surface area contributed by atoms with E-state index in [2.05, 4.69) is 50.8 Å². The van der Waals surface area contributed by atoms with Gasteiger partial charge >= 0.3 is 0 Å². The van der Waals surface area contributed by atoms with Crippen LogP contribution in [-0.4, -0.2) is 42.8 Å². The lowest BCUT2D eigenvalue weighted by Crippen LogP contribution is -2.48. The molecule has 0 amide bonds. The van der Waals surface area contributed by atoms with E-state index in [9.17, 15) is 4.79 Å². The zero-order chi connectivity index (χ0) is 21.5. The Morgan fingerprint density at radius 3 is 2.44 bits per heavy atom. The lowest BCUT2D eigenvalue weighted by Gasteiger charge is -2.45. The molecule has 7 nitrogen and oxygen atoms in total. The molecule has 7 heteroatoms. The molecule has 0 saturated carbocycles. The Morgan fingerprint density at radius 2 is 1.62 bits per heavy atom. The maximum absolute atomic E-state index is 12.4. The van der Waals surface area contributed by atoms with Gasteiger partial charge in [-0.15, -0.1) is 5.10 Å². The van der Waals surface area contributed by atoms with Crippen molar-refractivity contribution in [3.05, 3.63) is 106 Å². The first-order chi connectivity index (χ1) is 15.8. The molecule has 3 atom stereocenters. The molecular weight excluding hydrogens is 400 g/mol. The molecular formula is C25H24N6O. The zero-order valence-electron chi connectivity index (χ0n) is 17.7. The van der Waals surface area contributed by atoms with E-state index in [1.807, 2.05) is 51.7 Å². The Labute approximate surface area is 185 Å². The highest BCUT2D eigenvalue weighted by molar-refractivity contribution is 5.34. The summed E-state index contributed by atoms with van der Waals surface area (Å²) in [6.07, 6.45) is 1.12. The average molecular weight is 425 g/mol. The number of fused-ring (bicyclic) bond motifs is 4. The second-order valence-corrected chi connectivity index (χ2v) is 8.75. The van der Waals surface area contributed by atoms with E-state index < -0.39 is 0 Å². The fourth-order valence-corrected chi connectivity index (χ4v) is 5.42. The number of piperidine rings is 1. The van der Waals surface area contributed by atoms with E-state index in [0.717, 1.165) is 43.3 Å². The second-order valence-electron chi connectivity index (χ2n) is 8.75. The summed E-state index contributed by atoms with van der Waals surface area (Å²) in [6, 6.07) is 26.1. The van der Waals surface area contributed by atoms with Gasteiger partial charge in [0.1, 0.15) is 0 Å². The van der Waals surface area contributed by atoms with Gasteiger partial charge in [0, 0.05) is 37.3 Å². The largest absolute Gasteiger partial charge is 0.312 e. The topological polar surface area (TPSA) is 68.8 Å². The van der Waals surface area contributed by atoms with Gasteiger partial charge in [-0.25, -0.2) is 0 Å². The lowest BCUT2D eigenvalue weighted by atomic mass is 9.82. The molecule has 0 unspecified atom stereocenters. The van der Waals surface area contributed by atoms with Crippen molar-refractivity contribution in [3.63, 3.8) is 0 Å². The van der Waals surface area contributed by atoms with Gasteiger partial charge < -0.3 is 4.57 Å². The third kappa shape index (κ3) is 3.26.